The second-order valence-electron chi connectivity index (χ2n) is 8.03. The number of para-hydroxylation sites is 2. The molecule has 1 aromatic heterocycles. The topological polar surface area (TPSA) is 68.5 Å². The van der Waals surface area contributed by atoms with E-state index in [-0.39, 0.29) is 24.2 Å². The molecule has 31 heavy (non-hydrogen) atoms. The van der Waals surface area contributed by atoms with Crippen LogP contribution in [0, 0.1) is 0 Å². The fourth-order valence-electron chi connectivity index (χ4n) is 4.18. The highest BCUT2D eigenvalue weighted by molar-refractivity contribution is 5.80. The van der Waals surface area contributed by atoms with Crippen molar-refractivity contribution in [2.24, 2.45) is 0 Å². The second kappa shape index (κ2) is 9.94. The molecule has 7 nitrogen and oxygen atoms in total. The first-order valence-corrected chi connectivity index (χ1v) is 11.0. The maximum Gasteiger partial charge on any atom is 0.329 e. The lowest BCUT2D eigenvalue weighted by atomic mass is 10.2. The average Bonchev–Trinajstić information content (AvgIpc) is 3.05. The Kier molecular flexibility index (Phi) is 6.84. The van der Waals surface area contributed by atoms with Crippen LogP contribution in [-0.2, 0) is 29.2 Å². The summed E-state index contributed by atoms with van der Waals surface area (Å²) in [6.07, 6.45) is 0.804. The zero-order valence-corrected chi connectivity index (χ0v) is 18.0. The van der Waals surface area contributed by atoms with Gasteiger partial charge in [0.1, 0.15) is 6.54 Å². The summed E-state index contributed by atoms with van der Waals surface area (Å²) in [5.74, 6) is -0.176. The quantitative estimate of drug-likeness (QED) is 0.605. The van der Waals surface area contributed by atoms with Crippen LogP contribution in [0.2, 0.25) is 0 Å². The van der Waals surface area contributed by atoms with Crippen molar-refractivity contribution in [3.05, 3.63) is 70.6 Å². The van der Waals surface area contributed by atoms with Crippen LogP contribution >= 0.6 is 0 Å². The largest absolute Gasteiger partial charge is 0.374 e. The van der Waals surface area contributed by atoms with Crippen LogP contribution in [0.3, 0.4) is 0 Å². The number of aryl methyl sites for hydroxylation is 1. The van der Waals surface area contributed by atoms with E-state index in [0.717, 1.165) is 37.1 Å². The number of imidazole rings is 1. The molecule has 1 aliphatic heterocycles. The molecule has 2 aromatic carbocycles. The van der Waals surface area contributed by atoms with Crippen LogP contribution < -0.4 is 11.0 Å². The number of aromatic nitrogens is 2. The van der Waals surface area contributed by atoms with Gasteiger partial charge in [-0.05, 0) is 24.1 Å². The lowest BCUT2D eigenvalue weighted by Crippen LogP contribution is -2.47. The molecule has 4 rings (SSSR count). The first-order valence-electron chi connectivity index (χ1n) is 11.0. The van der Waals surface area contributed by atoms with Crippen LogP contribution in [-0.4, -0.2) is 52.3 Å². The number of hydrogen-bond acceptors (Lipinski definition) is 4. The molecule has 0 spiro atoms. The van der Waals surface area contributed by atoms with Gasteiger partial charge in [0.2, 0.25) is 5.91 Å². The van der Waals surface area contributed by atoms with Gasteiger partial charge in [-0.3, -0.25) is 18.8 Å². The van der Waals surface area contributed by atoms with Crippen LogP contribution in [0.1, 0.15) is 18.9 Å². The van der Waals surface area contributed by atoms with E-state index in [1.54, 1.807) is 9.13 Å². The lowest BCUT2D eigenvalue weighted by molar-refractivity contribution is -0.122. The molecule has 1 aliphatic rings. The number of ether oxygens (including phenoxy) is 1. The van der Waals surface area contributed by atoms with Crippen molar-refractivity contribution in [1.29, 1.82) is 0 Å². The molecule has 0 aliphatic carbocycles. The smallest absolute Gasteiger partial charge is 0.329 e. The highest BCUT2D eigenvalue weighted by Gasteiger charge is 2.22. The van der Waals surface area contributed by atoms with E-state index in [9.17, 15) is 9.59 Å². The number of nitrogens with one attached hydrogen (secondary N) is 1. The average molecular weight is 423 g/mol. The van der Waals surface area contributed by atoms with Crippen LogP contribution in [0.15, 0.2) is 59.4 Å². The zero-order chi connectivity index (χ0) is 21.6. The van der Waals surface area contributed by atoms with Crippen molar-refractivity contribution >= 4 is 16.9 Å². The third-order valence-electron chi connectivity index (χ3n) is 5.67. The number of carbonyl (C=O) groups excluding carboxylic acids is 1. The Morgan fingerprint density at radius 3 is 2.52 bits per heavy atom. The van der Waals surface area contributed by atoms with Gasteiger partial charge in [0.15, 0.2) is 0 Å². The number of amides is 1. The van der Waals surface area contributed by atoms with Crippen molar-refractivity contribution in [3.63, 3.8) is 0 Å². The first-order chi connectivity index (χ1) is 15.2. The van der Waals surface area contributed by atoms with Crippen molar-refractivity contribution in [3.8, 4) is 0 Å². The molecule has 164 valence electrons. The summed E-state index contributed by atoms with van der Waals surface area (Å²) >= 11 is 0. The Hall–Kier alpha value is -2.90. The minimum Gasteiger partial charge on any atom is -0.374 e. The number of benzene rings is 2. The monoisotopic (exact) mass is 422 g/mol. The SMILES string of the molecule is CCCn1c(=O)n(CC(=O)NCC2CN(Cc3ccccc3)CCO2)c2ccccc21. The third-order valence-corrected chi connectivity index (χ3v) is 5.67. The Balaban J connectivity index is 1.35. The highest BCUT2D eigenvalue weighted by Crippen LogP contribution is 2.13. The summed E-state index contributed by atoms with van der Waals surface area (Å²) in [5.41, 5.74) is 2.80. The summed E-state index contributed by atoms with van der Waals surface area (Å²) < 4.78 is 9.15. The molecule has 1 amide bonds. The van der Waals surface area contributed by atoms with Crippen molar-refractivity contribution in [2.75, 3.05) is 26.2 Å². The fraction of sp³-hybridized carbons (Fsp3) is 0.417. The molecule has 7 heteroatoms. The molecule has 3 aromatic rings. The van der Waals surface area contributed by atoms with Crippen LogP contribution in [0.5, 0.6) is 0 Å². The minimum atomic E-state index is -0.176. The lowest BCUT2D eigenvalue weighted by Gasteiger charge is -2.33. The van der Waals surface area contributed by atoms with Gasteiger partial charge in [-0.15, -0.1) is 0 Å². The third kappa shape index (κ3) is 5.06. The van der Waals surface area contributed by atoms with Gasteiger partial charge >= 0.3 is 5.69 Å². The van der Waals surface area contributed by atoms with Gasteiger partial charge in [-0.2, -0.15) is 0 Å². The van der Waals surface area contributed by atoms with Gasteiger partial charge in [0, 0.05) is 32.7 Å². The van der Waals surface area contributed by atoms with Gasteiger partial charge < -0.3 is 10.1 Å². The van der Waals surface area contributed by atoms with E-state index in [1.807, 2.05) is 49.4 Å². The summed E-state index contributed by atoms with van der Waals surface area (Å²) in [6, 6.07) is 18.0. The van der Waals surface area contributed by atoms with Crippen LogP contribution in [0.4, 0.5) is 0 Å². The highest BCUT2D eigenvalue weighted by atomic mass is 16.5. The standard InChI is InChI=1S/C24H30N4O3/c1-2-12-27-21-10-6-7-11-22(21)28(24(27)30)18-23(29)25-15-20-17-26(13-14-31-20)16-19-8-4-3-5-9-19/h3-11,20H,2,12-18H2,1H3,(H,25,29). The first kappa shape index (κ1) is 21.3. The number of nitrogens with zero attached hydrogens (tertiary/aromatic N) is 3. The maximum atomic E-state index is 12.9. The summed E-state index contributed by atoms with van der Waals surface area (Å²) in [6.45, 7) is 6.30. The molecular formula is C24H30N4O3. The predicted molar refractivity (Wildman–Crippen MR) is 121 cm³/mol. The molecule has 1 atom stereocenters. The van der Waals surface area contributed by atoms with E-state index >= 15 is 0 Å². The van der Waals surface area contributed by atoms with Gasteiger partial charge in [-0.1, -0.05) is 49.4 Å². The predicted octanol–water partition coefficient (Wildman–Crippen LogP) is 2.23. The van der Waals surface area contributed by atoms with E-state index < -0.39 is 0 Å². The van der Waals surface area contributed by atoms with E-state index in [1.165, 1.54) is 5.56 Å². The molecule has 2 heterocycles. The molecule has 1 unspecified atom stereocenters. The number of hydrogen-bond donors (Lipinski definition) is 1. The van der Waals surface area contributed by atoms with E-state index in [2.05, 4.69) is 22.3 Å². The fourth-order valence-corrected chi connectivity index (χ4v) is 4.18. The molecular weight excluding hydrogens is 392 g/mol. The number of morpholine rings is 1. The van der Waals surface area contributed by atoms with Gasteiger partial charge in [0.05, 0.1) is 23.7 Å². The molecule has 0 radical (unpaired) electrons. The summed E-state index contributed by atoms with van der Waals surface area (Å²) in [5, 5.41) is 2.96. The van der Waals surface area contributed by atoms with Crippen molar-refractivity contribution < 1.29 is 9.53 Å². The van der Waals surface area contributed by atoms with Crippen molar-refractivity contribution in [2.45, 2.75) is 39.1 Å². The number of fused-ring (bicyclic) bond motifs is 1. The number of carbonyl (C=O) groups is 1. The molecule has 1 saturated heterocycles. The molecule has 0 saturated carbocycles. The zero-order valence-electron chi connectivity index (χ0n) is 18.0. The normalized spacial score (nSPS) is 17.1. The van der Waals surface area contributed by atoms with Gasteiger partial charge in [-0.25, -0.2) is 4.79 Å². The van der Waals surface area contributed by atoms with Crippen molar-refractivity contribution in [1.82, 2.24) is 19.4 Å². The Morgan fingerprint density at radius 2 is 1.77 bits per heavy atom. The number of rotatable bonds is 8. The second-order valence-corrected chi connectivity index (χ2v) is 8.03. The van der Waals surface area contributed by atoms with E-state index in [4.69, 9.17) is 4.74 Å². The van der Waals surface area contributed by atoms with Crippen LogP contribution in [0.25, 0.3) is 11.0 Å². The molecule has 1 N–H and O–H groups in total. The Bertz CT molecular complexity index is 1070. The molecule has 1 fully saturated rings. The van der Waals surface area contributed by atoms with Gasteiger partial charge in [0.25, 0.3) is 0 Å². The molecule has 0 bridgehead atoms. The maximum absolute atomic E-state index is 12.9. The Labute approximate surface area is 182 Å². The Morgan fingerprint density at radius 1 is 1.06 bits per heavy atom. The van der Waals surface area contributed by atoms with E-state index in [0.29, 0.717) is 19.7 Å². The summed E-state index contributed by atoms with van der Waals surface area (Å²) in [7, 11) is 0. The minimum absolute atomic E-state index is 0.0104. The summed E-state index contributed by atoms with van der Waals surface area (Å²) in [4.78, 5) is 27.8.